The third kappa shape index (κ3) is 5.02. The summed E-state index contributed by atoms with van der Waals surface area (Å²) < 4.78 is 0. The highest BCUT2D eigenvalue weighted by Crippen LogP contribution is 2.28. The number of benzene rings is 1. The highest BCUT2D eigenvalue weighted by Gasteiger charge is 2.16. The molecule has 1 saturated carbocycles. The highest BCUT2D eigenvalue weighted by atomic mass is 16.3. The van der Waals surface area contributed by atoms with Gasteiger partial charge in [0.25, 0.3) is 0 Å². The molecule has 4 heteroatoms. The molecule has 1 aromatic rings. The van der Waals surface area contributed by atoms with Crippen LogP contribution in [0.3, 0.4) is 0 Å². The molecular weight excluding hydrogens is 276 g/mol. The molecule has 0 aromatic heterocycles. The Kier molecular flexibility index (Phi) is 6.25. The van der Waals surface area contributed by atoms with E-state index in [1.165, 1.54) is 25.7 Å². The minimum absolute atomic E-state index is 0.0517. The van der Waals surface area contributed by atoms with E-state index in [0.717, 1.165) is 23.6 Å². The number of carbonyl (C=O) groups is 1. The van der Waals surface area contributed by atoms with Gasteiger partial charge in [-0.25, -0.2) is 0 Å². The van der Waals surface area contributed by atoms with Crippen LogP contribution in [0.4, 0.5) is 5.69 Å². The van der Waals surface area contributed by atoms with Crippen LogP contribution in [0, 0.1) is 5.92 Å². The van der Waals surface area contributed by atoms with E-state index in [9.17, 15) is 9.90 Å². The number of aliphatic hydroxyl groups excluding tert-OH is 1. The molecule has 0 radical (unpaired) electrons. The molecule has 1 atom stereocenters. The van der Waals surface area contributed by atoms with Gasteiger partial charge in [-0.1, -0.05) is 37.8 Å². The van der Waals surface area contributed by atoms with E-state index in [4.69, 9.17) is 0 Å². The molecule has 1 aliphatic carbocycles. The fourth-order valence-corrected chi connectivity index (χ4v) is 3.05. The van der Waals surface area contributed by atoms with Crippen molar-refractivity contribution in [2.75, 3.05) is 25.5 Å². The Labute approximate surface area is 133 Å². The molecule has 0 saturated heterocycles. The van der Waals surface area contributed by atoms with Crippen molar-refractivity contribution in [2.24, 2.45) is 5.92 Å². The summed E-state index contributed by atoms with van der Waals surface area (Å²) in [6, 6.07) is 7.76. The number of hydrogen-bond acceptors (Lipinski definition) is 3. The Hall–Kier alpha value is -1.55. The van der Waals surface area contributed by atoms with E-state index < -0.39 is 6.10 Å². The number of anilines is 1. The number of rotatable bonds is 7. The van der Waals surface area contributed by atoms with E-state index in [2.05, 4.69) is 5.32 Å². The normalized spacial score (nSPS) is 16.5. The number of nitrogens with zero attached hydrogens (tertiary/aromatic N) is 1. The van der Waals surface area contributed by atoms with Crippen molar-refractivity contribution < 1.29 is 9.90 Å². The topological polar surface area (TPSA) is 52.6 Å². The van der Waals surface area contributed by atoms with E-state index >= 15 is 0 Å². The zero-order valence-corrected chi connectivity index (χ0v) is 13.7. The Morgan fingerprint density at radius 1 is 1.27 bits per heavy atom. The molecule has 122 valence electrons. The highest BCUT2D eigenvalue weighted by molar-refractivity contribution is 5.75. The Bertz CT molecular complexity index is 464. The molecule has 22 heavy (non-hydrogen) atoms. The SMILES string of the molecule is CN(C)c1ccc(C(O)CNC(=O)CCC2CCCC2)cc1. The zero-order chi connectivity index (χ0) is 15.9. The maximum absolute atomic E-state index is 11.9. The van der Waals surface area contributed by atoms with Gasteiger partial charge in [-0.2, -0.15) is 0 Å². The van der Waals surface area contributed by atoms with Crippen LogP contribution in [0.1, 0.15) is 50.2 Å². The predicted molar refractivity (Wildman–Crippen MR) is 89.9 cm³/mol. The molecule has 0 heterocycles. The van der Waals surface area contributed by atoms with Gasteiger partial charge in [-0.05, 0) is 30.0 Å². The van der Waals surface area contributed by atoms with Crippen molar-refractivity contribution in [3.05, 3.63) is 29.8 Å². The van der Waals surface area contributed by atoms with E-state index in [1.54, 1.807) is 0 Å². The largest absolute Gasteiger partial charge is 0.387 e. The van der Waals surface area contributed by atoms with Crippen molar-refractivity contribution in [1.29, 1.82) is 0 Å². The molecule has 1 amide bonds. The van der Waals surface area contributed by atoms with Crippen LogP contribution < -0.4 is 10.2 Å². The summed E-state index contributed by atoms with van der Waals surface area (Å²) in [5, 5.41) is 13.0. The van der Waals surface area contributed by atoms with E-state index in [-0.39, 0.29) is 12.5 Å². The van der Waals surface area contributed by atoms with Crippen LogP contribution >= 0.6 is 0 Å². The van der Waals surface area contributed by atoms with Gasteiger partial charge < -0.3 is 15.3 Å². The second kappa shape index (κ2) is 8.18. The average Bonchev–Trinajstić information content (AvgIpc) is 3.04. The van der Waals surface area contributed by atoms with Crippen LogP contribution in [-0.2, 0) is 4.79 Å². The first kappa shape index (κ1) is 16.8. The van der Waals surface area contributed by atoms with Crippen molar-refractivity contribution in [3.8, 4) is 0 Å². The van der Waals surface area contributed by atoms with Crippen LogP contribution in [0.25, 0.3) is 0 Å². The fraction of sp³-hybridized carbons (Fsp3) is 0.611. The van der Waals surface area contributed by atoms with E-state index in [1.807, 2.05) is 43.3 Å². The third-order valence-electron chi connectivity index (χ3n) is 4.54. The summed E-state index contributed by atoms with van der Waals surface area (Å²) in [6.07, 6.45) is 6.09. The summed E-state index contributed by atoms with van der Waals surface area (Å²) in [6.45, 7) is 0.283. The van der Waals surface area contributed by atoms with Gasteiger partial charge in [0.1, 0.15) is 0 Å². The van der Waals surface area contributed by atoms with Crippen molar-refractivity contribution in [2.45, 2.75) is 44.6 Å². The summed E-state index contributed by atoms with van der Waals surface area (Å²) >= 11 is 0. The molecule has 0 spiro atoms. The lowest BCUT2D eigenvalue weighted by atomic mass is 10.0. The minimum atomic E-state index is -0.647. The lowest BCUT2D eigenvalue weighted by Crippen LogP contribution is -2.28. The first-order chi connectivity index (χ1) is 10.6. The molecule has 0 aliphatic heterocycles. The molecule has 2 rings (SSSR count). The second-order valence-electron chi connectivity index (χ2n) is 6.49. The van der Waals surface area contributed by atoms with Gasteiger partial charge in [0.05, 0.1) is 6.10 Å². The maximum atomic E-state index is 11.9. The first-order valence-electron chi connectivity index (χ1n) is 8.28. The fourth-order valence-electron chi connectivity index (χ4n) is 3.05. The first-order valence-corrected chi connectivity index (χ1v) is 8.28. The number of carbonyl (C=O) groups excluding carboxylic acids is 1. The molecule has 1 aromatic carbocycles. The molecule has 2 N–H and O–H groups in total. The van der Waals surface area contributed by atoms with Crippen LogP contribution in [0.5, 0.6) is 0 Å². The van der Waals surface area contributed by atoms with Crippen molar-refractivity contribution in [3.63, 3.8) is 0 Å². The molecule has 1 aliphatic rings. The van der Waals surface area contributed by atoms with Gasteiger partial charge >= 0.3 is 0 Å². The summed E-state index contributed by atoms with van der Waals surface area (Å²) in [4.78, 5) is 13.9. The molecule has 1 unspecified atom stereocenters. The van der Waals surface area contributed by atoms with Gasteiger partial charge in [0, 0.05) is 32.7 Å². The third-order valence-corrected chi connectivity index (χ3v) is 4.54. The maximum Gasteiger partial charge on any atom is 0.220 e. The van der Waals surface area contributed by atoms with Gasteiger partial charge in [-0.15, -0.1) is 0 Å². The smallest absolute Gasteiger partial charge is 0.220 e. The van der Waals surface area contributed by atoms with Gasteiger partial charge in [0.15, 0.2) is 0 Å². The van der Waals surface area contributed by atoms with Crippen LogP contribution in [0.15, 0.2) is 24.3 Å². The Morgan fingerprint density at radius 2 is 1.91 bits per heavy atom. The lowest BCUT2D eigenvalue weighted by molar-refractivity contribution is -0.121. The minimum Gasteiger partial charge on any atom is -0.387 e. The van der Waals surface area contributed by atoms with Crippen molar-refractivity contribution in [1.82, 2.24) is 5.32 Å². The second-order valence-corrected chi connectivity index (χ2v) is 6.49. The Balaban J connectivity index is 1.71. The number of hydrogen-bond donors (Lipinski definition) is 2. The number of aliphatic hydroxyl groups is 1. The number of amides is 1. The Morgan fingerprint density at radius 3 is 2.50 bits per heavy atom. The van der Waals surface area contributed by atoms with Gasteiger partial charge in [0.2, 0.25) is 5.91 Å². The lowest BCUT2D eigenvalue weighted by Gasteiger charge is -2.16. The monoisotopic (exact) mass is 304 g/mol. The van der Waals surface area contributed by atoms with Gasteiger partial charge in [-0.3, -0.25) is 4.79 Å². The predicted octanol–water partition coefficient (Wildman–Crippen LogP) is 2.87. The average molecular weight is 304 g/mol. The summed E-state index contributed by atoms with van der Waals surface area (Å²) in [5.74, 6) is 0.783. The standard InChI is InChI=1S/C18H28N2O2/c1-20(2)16-10-8-15(9-11-16)17(21)13-19-18(22)12-7-14-5-3-4-6-14/h8-11,14,17,21H,3-7,12-13H2,1-2H3,(H,19,22). The quantitative estimate of drug-likeness (QED) is 0.814. The zero-order valence-electron chi connectivity index (χ0n) is 13.7. The molecule has 0 bridgehead atoms. The van der Waals surface area contributed by atoms with Crippen molar-refractivity contribution >= 4 is 11.6 Å². The molecular formula is C18H28N2O2. The summed E-state index contributed by atoms with van der Waals surface area (Å²) in [7, 11) is 3.96. The molecule has 4 nitrogen and oxygen atoms in total. The van der Waals surface area contributed by atoms with Crippen LogP contribution in [-0.4, -0.2) is 31.7 Å². The number of nitrogens with one attached hydrogen (secondary N) is 1. The molecule has 1 fully saturated rings. The van der Waals surface area contributed by atoms with E-state index in [0.29, 0.717) is 6.42 Å². The summed E-state index contributed by atoms with van der Waals surface area (Å²) in [5.41, 5.74) is 1.93. The van der Waals surface area contributed by atoms with Crippen LogP contribution in [0.2, 0.25) is 0 Å².